The molecule has 2 amide bonds. The number of aromatic nitrogens is 1. The molecule has 0 radical (unpaired) electrons. The van der Waals surface area contributed by atoms with E-state index in [2.05, 4.69) is 0 Å². The number of amides is 2. The van der Waals surface area contributed by atoms with E-state index in [1.165, 1.54) is 11.0 Å². The van der Waals surface area contributed by atoms with Crippen molar-refractivity contribution < 1.29 is 14.0 Å². The average molecular weight is 442 g/mol. The number of hydrogen-bond donors (Lipinski definition) is 0. The molecule has 1 fully saturated rings. The first-order valence-electron chi connectivity index (χ1n) is 10.4. The number of fused-ring (bicyclic) bond motifs is 1. The van der Waals surface area contributed by atoms with Gasteiger partial charge in [-0.3, -0.25) is 9.59 Å². The van der Waals surface area contributed by atoms with E-state index in [4.69, 9.17) is 11.6 Å². The number of likely N-dealkylation sites (N-methyl/N-ethyl adjacent to an activating group) is 1. The van der Waals surface area contributed by atoms with Crippen LogP contribution in [0.15, 0.2) is 48.7 Å². The lowest BCUT2D eigenvalue weighted by molar-refractivity contribution is -0.129. The highest BCUT2D eigenvalue weighted by molar-refractivity contribution is 6.31. The molecule has 1 aromatic heterocycles. The van der Waals surface area contributed by atoms with Crippen LogP contribution in [0.5, 0.6) is 0 Å². The second-order valence-electron chi connectivity index (χ2n) is 8.21. The first kappa shape index (κ1) is 21.4. The molecule has 0 saturated carbocycles. The van der Waals surface area contributed by atoms with Gasteiger partial charge in [0.1, 0.15) is 12.4 Å². The molecule has 0 aliphatic carbocycles. The maximum Gasteiger partial charge on any atom is 0.256 e. The zero-order valence-electron chi connectivity index (χ0n) is 17.6. The highest BCUT2D eigenvalue weighted by Crippen LogP contribution is 2.32. The van der Waals surface area contributed by atoms with Crippen LogP contribution in [0, 0.1) is 5.82 Å². The van der Waals surface area contributed by atoms with E-state index < -0.39 is 0 Å². The van der Waals surface area contributed by atoms with Gasteiger partial charge in [0.25, 0.3) is 5.91 Å². The van der Waals surface area contributed by atoms with Gasteiger partial charge in [-0.25, -0.2) is 4.39 Å². The zero-order chi connectivity index (χ0) is 22.1. The molecule has 0 atom stereocenters. The van der Waals surface area contributed by atoms with Crippen LogP contribution in [0.2, 0.25) is 5.02 Å². The fourth-order valence-electron chi connectivity index (χ4n) is 4.22. The van der Waals surface area contributed by atoms with Crippen LogP contribution in [0.4, 0.5) is 4.39 Å². The van der Waals surface area contributed by atoms with Crippen molar-refractivity contribution in [1.29, 1.82) is 0 Å². The number of nitrogens with zero attached hydrogens (tertiary/aromatic N) is 3. The summed E-state index contributed by atoms with van der Waals surface area (Å²) in [6.07, 6.45) is 3.18. The summed E-state index contributed by atoms with van der Waals surface area (Å²) >= 11 is 6.18. The van der Waals surface area contributed by atoms with E-state index in [0.29, 0.717) is 23.7 Å². The number of carbonyl (C=O) groups excluding carboxylic acids is 2. The minimum atomic E-state index is -0.183. The van der Waals surface area contributed by atoms with Crippen molar-refractivity contribution in [2.75, 3.05) is 27.2 Å². The van der Waals surface area contributed by atoms with E-state index in [0.717, 1.165) is 29.3 Å². The first-order valence-corrected chi connectivity index (χ1v) is 10.7. The number of hydrogen-bond acceptors (Lipinski definition) is 2. The molecule has 0 bridgehead atoms. The van der Waals surface area contributed by atoms with Crippen LogP contribution >= 0.6 is 11.6 Å². The topological polar surface area (TPSA) is 45.6 Å². The second kappa shape index (κ2) is 8.71. The van der Waals surface area contributed by atoms with Gasteiger partial charge < -0.3 is 14.4 Å². The van der Waals surface area contributed by atoms with Gasteiger partial charge in [0.2, 0.25) is 5.91 Å². The molecule has 2 heterocycles. The summed E-state index contributed by atoms with van der Waals surface area (Å²) in [5.41, 5.74) is 2.04. The Hall–Kier alpha value is -2.86. The molecule has 7 heteroatoms. The largest absolute Gasteiger partial charge is 0.347 e. The van der Waals surface area contributed by atoms with E-state index in [9.17, 15) is 14.0 Å². The fourth-order valence-corrected chi connectivity index (χ4v) is 4.39. The van der Waals surface area contributed by atoms with Crippen molar-refractivity contribution >= 4 is 34.3 Å². The van der Waals surface area contributed by atoms with E-state index in [1.54, 1.807) is 43.1 Å². The van der Waals surface area contributed by atoms with Gasteiger partial charge >= 0.3 is 0 Å². The molecule has 0 unspecified atom stereocenters. The average Bonchev–Trinajstić information content (AvgIpc) is 3.11. The number of halogens is 2. The monoisotopic (exact) mass is 441 g/mol. The predicted molar refractivity (Wildman–Crippen MR) is 120 cm³/mol. The number of rotatable bonds is 4. The normalized spacial score (nSPS) is 14.8. The summed E-state index contributed by atoms with van der Waals surface area (Å²) in [6.45, 7) is 1.26. The summed E-state index contributed by atoms with van der Waals surface area (Å²) < 4.78 is 15.9. The Kier molecular flexibility index (Phi) is 6.01. The van der Waals surface area contributed by atoms with Crippen LogP contribution in [0.1, 0.15) is 34.7 Å². The van der Waals surface area contributed by atoms with Crippen LogP contribution in [-0.2, 0) is 11.3 Å². The minimum Gasteiger partial charge on any atom is -0.347 e. The van der Waals surface area contributed by atoms with Gasteiger partial charge in [0, 0.05) is 43.8 Å². The summed E-state index contributed by atoms with van der Waals surface area (Å²) in [5.74, 6) is -0.210. The quantitative estimate of drug-likeness (QED) is 0.596. The third-order valence-corrected chi connectivity index (χ3v) is 6.24. The maximum atomic E-state index is 14.1. The van der Waals surface area contributed by atoms with Crippen molar-refractivity contribution in [2.45, 2.75) is 25.3 Å². The Labute approximate surface area is 186 Å². The molecule has 5 nitrogen and oxygen atoms in total. The van der Waals surface area contributed by atoms with Crippen LogP contribution < -0.4 is 0 Å². The predicted octanol–water partition coefficient (Wildman–Crippen LogP) is 4.54. The molecular formula is C24H25ClFN3O2. The van der Waals surface area contributed by atoms with Crippen LogP contribution in [-0.4, -0.2) is 53.4 Å². The molecule has 0 spiro atoms. The molecule has 162 valence electrons. The van der Waals surface area contributed by atoms with Gasteiger partial charge in [-0.15, -0.1) is 0 Å². The summed E-state index contributed by atoms with van der Waals surface area (Å²) in [4.78, 5) is 29.0. The fraction of sp³-hybridized carbons (Fsp3) is 0.333. The molecule has 1 saturated heterocycles. The number of piperidine rings is 1. The lowest BCUT2D eigenvalue weighted by Crippen LogP contribution is -2.38. The summed E-state index contributed by atoms with van der Waals surface area (Å²) in [7, 11) is 3.40. The lowest BCUT2D eigenvalue weighted by atomic mass is 9.89. The van der Waals surface area contributed by atoms with Crippen molar-refractivity contribution in [3.63, 3.8) is 0 Å². The maximum absolute atomic E-state index is 14.1. The summed E-state index contributed by atoms with van der Waals surface area (Å²) in [5, 5.41) is 1.33. The number of likely N-dealkylation sites (tertiary alicyclic amines) is 1. The van der Waals surface area contributed by atoms with Crippen LogP contribution in [0.3, 0.4) is 0 Å². The molecular weight excluding hydrogens is 417 g/mol. The van der Waals surface area contributed by atoms with Gasteiger partial charge in [-0.2, -0.15) is 0 Å². The first-order chi connectivity index (χ1) is 14.8. The Bertz CT molecular complexity index is 1130. The molecule has 1 aliphatic heterocycles. The van der Waals surface area contributed by atoms with Crippen LogP contribution in [0.25, 0.3) is 10.9 Å². The number of benzene rings is 2. The van der Waals surface area contributed by atoms with Gasteiger partial charge in [-0.05, 0) is 42.5 Å². The molecule has 4 rings (SSSR count). The Balaban J connectivity index is 1.57. The highest BCUT2D eigenvalue weighted by atomic mass is 35.5. The molecule has 0 N–H and O–H groups in total. The van der Waals surface area contributed by atoms with Crippen molar-refractivity contribution in [2.24, 2.45) is 0 Å². The molecule has 1 aliphatic rings. The lowest BCUT2D eigenvalue weighted by Gasteiger charge is -2.32. The smallest absolute Gasteiger partial charge is 0.256 e. The highest BCUT2D eigenvalue weighted by Gasteiger charge is 2.28. The molecule has 2 aromatic carbocycles. The van der Waals surface area contributed by atoms with Crippen molar-refractivity contribution in [3.8, 4) is 0 Å². The van der Waals surface area contributed by atoms with Crippen molar-refractivity contribution in [3.05, 3.63) is 70.6 Å². The van der Waals surface area contributed by atoms with E-state index in [1.807, 2.05) is 23.1 Å². The third-order valence-electron chi connectivity index (χ3n) is 6.01. The number of carbonyl (C=O) groups is 2. The second-order valence-corrected chi connectivity index (χ2v) is 8.64. The van der Waals surface area contributed by atoms with E-state index in [-0.39, 0.29) is 30.1 Å². The van der Waals surface area contributed by atoms with Gasteiger partial charge in [0.05, 0.1) is 11.1 Å². The van der Waals surface area contributed by atoms with Crippen molar-refractivity contribution in [1.82, 2.24) is 14.4 Å². The third kappa shape index (κ3) is 4.30. The van der Waals surface area contributed by atoms with E-state index >= 15 is 0 Å². The molecule has 31 heavy (non-hydrogen) atoms. The Morgan fingerprint density at radius 2 is 1.84 bits per heavy atom. The van der Waals surface area contributed by atoms with Gasteiger partial charge in [0.15, 0.2) is 0 Å². The Morgan fingerprint density at radius 3 is 2.52 bits per heavy atom. The zero-order valence-corrected chi connectivity index (χ0v) is 18.4. The standard InChI is InChI=1S/C24H25ClFN3O2/c1-27(2)23(30)15-29-14-20(19-8-7-17(25)13-22(19)29)24(31)28-11-9-16(10-12-28)18-5-3-4-6-21(18)26/h3-8,13-14,16H,9-12,15H2,1-2H3. The van der Waals surface area contributed by atoms with Gasteiger partial charge in [-0.1, -0.05) is 35.9 Å². The summed E-state index contributed by atoms with van der Waals surface area (Å²) in [6, 6.07) is 12.2. The minimum absolute atomic E-state index is 0.0680. The molecule has 3 aromatic rings. The SMILES string of the molecule is CN(C)C(=O)Cn1cc(C(=O)N2CCC(c3ccccc3F)CC2)c2ccc(Cl)cc21. The Morgan fingerprint density at radius 1 is 1.13 bits per heavy atom.